The number of nitrogens with two attached hydrogens (primary N) is 1. The second-order valence-electron chi connectivity index (χ2n) is 5.67. The minimum atomic E-state index is -3.58. The molecule has 1 heterocycles. The number of sulfonamides is 1. The van der Waals surface area contributed by atoms with Crippen molar-refractivity contribution in [2.75, 3.05) is 5.73 Å². The molecule has 1 fully saturated rings. The average Bonchev–Trinajstić information content (AvgIpc) is 2.64. The molecule has 3 N–H and O–H groups in total. The third-order valence-electron chi connectivity index (χ3n) is 4.32. The van der Waals surface area contributed by atoms with E-state index in [9.17, 15) is 8.42 Å². The minimum absolute atomic E-state index is 0.0156. The highest BCUT2D eigenvalue weighted by Crippen LogP contribution is 2.28. The third-order valence-corrected chi connectivity index (χ3v) is 6.00. The Morgan fingerprint density at radius 3 is 2.40 bits per heavy atom. The fraction of sp³-hybridized carbons (Fsp3) is 0.769. The molecule has 0 atom stereocenters. The zero-order valence-electron chi connectivity index (χ0n) is 12.4. The Labute approximate surface area is 120 Å². The zero-order valence-corrected chi connectivity index (χ0v) is 13.2. The Balaban J connectivity index is 2.12. The number of nitrogen functional groups attached to an aromatic ring is 1. The van der Waals surface area contributed by atoms with Crippen LogP contribution in [0.3, 0.4) is 0 Å². The third kappa shape index (κ3) is 2.98. The molecule has 0 aliphatic heterocycles. The smallest absolute Gasteiger partial charge is 0.246 e. The van der Waals surface area contributed by atoms with Crippen molar-refractivity contribution in [3.05, 3.63) is 5.69 Å². The Bertz CT molecular complexity index is 571. The van der Waals surface area contributed by atoms with Gasteiger partial charge in [-0.1, -0.05) is 13.3 Å². The molecule has 0 bridgehead atoms. The van der Waals surface area contributed by atoms with E-state index in [1.54, 1.807) is 14.0 Å². The first kappa shape index (κ1) is 15.3. The van der Waals surface area contributed by atoms with Crippen LogP contribution < -0.4 is 10.5 Å². The van der Waals surface area contributed by atoms with Crippen molar-refractivity contribution in [2.45, 2.75) is 56.9 Å². The largest absolute Gasteiger partial charge is 0.381 e. The highest BCUT2D eigenvalue weighted by Gasteiger charge is 2.29. The number of aryl methyl sites for hydroxylation is 1. The van der Waals surface area contributed by atoms with Crippen LogP contribution in [0, 0.1) is 12.8 Å². The van der Waals surface area contributed by atoms with Gasteiger partial charge < -0.3 is 5.73 Å². The summed E-state index contributed by atoms with van der Waals surface area (Å²) in [5.74, 6) is 0.806. The van der Waals surface area contributed by atoms with Crippen molar-refractivity contribution in [3.63, 3.8) is 0 Å². The molecule has 6 nitrogen and oxygen atoms in total. The topological polar surface area (TPSA) is 90.0 Å². The van der Waals surface area contributed by atoms with Crippen LogP contribution in [0.2, 0.25) is 0 Å². The van der Waals surface area contributed by atoms with Crippen molar-refractivity contribution in [3.8, 4) is 0 Å². The van der Waals surface area contributed by atoms with Gasteiger partial charge in [-0.25, -0.2) is 13.1 Å². The van der Waals surface area contributed by atoms with Gasteiger partial charge in [0.1, 0.15) is 4.90 Å². The highest BCUT2D eigenvalue weighted by atomic mass is 32.2. The first-order valence-electron chi connectivity index (χ1n) is 7.16. The zero-order chi connectivity index (χ0) is 14.9. The van der Waals surface area contributed by atoms with Crippen LogP contribution in [0.15, 0.2) is 4.90 Å². The summed E-state index contributed by atoms with van der Waals surface area (Å²) in [6, 6.07) is 0.0156. The number of hydrogen-bond acceptors (Lipinski definition) is 4. The van der Waals surface area contributed by atoms with Gasteiger partial charge >= 0.3 is 0 Å². The summed E-state index contributed by atoms with van der Waals surface area (Å²) in [6.07, 6.45) is 5.15. The van der Waals surface area contributed by atoms with E-state index in [0.29, 0.717) is 5.69 Å². The molecule has 20 heavy (non-hydrogen) atoms. The van der Waals surface area contributed by atoms with E-state index in [4.69, 9.17) is 5.73 Å². The SMILES string of the molecule is CCC1CCC(NS(=O)(=O)c2c(N)nn(C)c2C)CC1. The molecule has 2 rings (SSSR count). The number of hydrogen-bond donors (Lipinski definition) is 2. The maximum Gasteiger partial charge on any atom is 0.246 e. The van der Waals surface area contributed by atoms with Gasteiger partial charge in [0.05, 0.1) is 5.69 Å². The highest BCUT2D eigenvalue weighted by molar-refractivity contribution is 7.89. The summed E-state index contributed by atoms with van der Waals surface area (Å²) >= 11 is 0. The van der Waals surface area contributed by atoms with Crippen molar-refractivity contribution in [1.29, 1.82) is 0 Å². The molecule has 1 aliphatic carbocycles. The molecule has 0 aromatic carbocycles. The van der Waals surface area contributed by atoms with Crippen LogP contribution >= 0.6 is 0 Å². The van der Waals surface area contributed by atoms with Crippen molar-refractivity contribution < 1.29 is 8.42 Å². The maximum atomic E-state index is 12.5. The molecular formula is C13H24N4O2S. The first-order chi connectivity index (χ1) is 9.35. The molecule has 7 heteroatoms. The van der Waals surface area contributed by atoms with Crippen LogP contribution in [0.4, 0.5) is 5.82 Å². The van der Waals surface area contributed by atoms with E-state index in [0.717, 1.165) is 31.6 Å². The molecule has 0 unspecified atom stereocenters. The molecule has 1 aliphatic rings. The molecule has 114 valence electrons. The number of nitrogens with one attached hydrogen (secondary N) is 1. The molecule has 0 amide bonds. The van der Waals surface area contributed by atoms with Crippen LogP contribution in [-0.2, 0) is 17.1 Å². The van der Waals surface area contributed by atoms with Gasteiger partial charge in [0.15, 0.2) is 5.82 Å². The van der Waals surface area contributed by atoms with E-state index in [1.165, 1.54) is 11.1 Å². The predicted molar refractivity (Wildman–Crippen MR) is 78.7 cm³/mol. The molecule has 0 radical (unpaired) electrons. The lowest BCUT2D eigenvalue weighted by Crippen LogP contribution is -2.38. The molecule has 1 aromatic rings. The number of aromatic nitrogens is 2. The maximum absolute atomic E-state index is 12.5. The Kier molecular flexibility index (Phi) is 4.39. The molecule has 1 saturated carbocycles. The summed E-state index contributed by atoms with van der Waals surface area (Å²) in [5.41, 5.74) is 6.29. The number of rotatable bonds is 4. The van der Waals surface area contributed by atoms with Crippen molar-refractivity contribution in [1.82, 2.24) is 14.5 Å². The summed E-state index contributed by atoms with van der Waals surface area (Å²) in [6.45, 7) is 3.90. The van der Waals surface area contributed by atoms with Crippen LogP contribution in [0.5, 0.6) is 0 Å². The van der Waals surface area contributed by atoms with E-state index in [2.05, 4.69) is 16.7 Å². The normalized spacial score (nSPS) is 23.9. The Morgan fingerprint density at radius 2 is 1.95 bits per heavy atom. The van der Waals surface area contributed by atoms with E-state index >= 15 is 0 Å². The molecule has 0 spiro atoms. The monoisotopic (exact) mass is 300 g/mol. The van der Waals surface area contributed by atoms with E-state index < -0.39 is 10.0 Å². The predicted octanol–water partition coefficient (Wildman–Crippen LogP) is 1.56. The van der Waals surface area contributed by atoms with Gasteiger partial charge in [0.25, 0.3) is 0 Å². The fourth-order valence-corrected chi connectivity index (χ4v) is 4.54. The fourth-order valence-electron chi connectivity index (χ4n) is 2.91. The van der Waals surface area contributed by atoms with Crippen molar-refractivity contribution >= 4 is 15.8 Å². The second kappa shape index (κ2) is 5.73. The van der Waals surface area contributed by atoms with Crippen LogP contribution in [0.25, 0.3) is 0 Å². The van der Waals surface area contributed by atoms with Gasteiger partial charge in [-0.05, 0) is 38.5 Å². The van der Waals surface area contributed by atoms with Gasteiger partial charge in [-0.2, -0.15) is 5.10 Å². The summed E-state index contributed by atoms with van der Waals surface area (Å²) in [5, 5.41) is 3.97. The summed E-state index contributed by atoms with van der Waals surface area (Å²) in [7, 11) is -1.89. The van der Waals surface area contributed by atoms with Gasteiger partial charge in [0.2, 0.25) is 10.0 Å². The lowest BCUT2D eigenvalue weighted by atomic mass is 9.85. The second-order valence-corrected chi connectivity index (χ2v) is 7.32. The van der Waals surface area contributed by atoms with Gasteiger partial charge in [-0.15, -0.1) is 0 Å². The quantitative estimate of drug-likeness (QED) is 0.883. The van der Waals surface area contributed by atoms with Crippen LogP contribution in [-0.4, -0.2) is 24.2 Å². The lowest BCUT2D eigenvalue weighted by molar-refractivity contribution is 0.306. The van der Waals surface area contributed by atoms with Crippen LogP contribution in [0.1, 0.15) is 44.7 Å². The Morgan fingerprint density at radius 1 is 1.35 bits per heavy atom. The molecule has 1 aromatic heterocycles. The van der Waals surface area contributed by atoms with Crippen molar-refractivity contribution in [2.24, 2.45) is 13.0 Å². The van der Waals surface area contributed by atoms with E-state index in [-0.39, 0.29) is 16.8 Å². The minimum Gasteiger partial charge on any atom is -0.381 e. The first-order valence-corrected chi connectivity index (χ1v) is 8.64. The van der Waals surface area contributed by atoms with Gasteiger partial charge in [-0.3, -0.25) is 4.68 Å². The average molecular weight is 300 g/mol. The molecule has 0 saturated heterocycles. The Hall–Kier alpha value is -1.08. The lowest BCUT2D eigenvalue weighted by Gasteiger charge is -2.28. The molecular weight excluding hydrogens is 276 g/mol. The van der Waals surface area contributed by atoms with Gasteiger partial charge in [0, 0.05) is 13.1 Å². The van der Waals surface area contributed by atoms with E-state index in [1.807, 2.05) is 0 Å². The number of anilines is 1. The number of nitrogens with zero attached hydrogens (tertiary/aromatic N) is 2. The summed E-state index contributed by atoms with van der Waals surface area (Å²) < 4.78 is 29.2. The standard InChI is InChI=1S/C13H24N4O2S/c1-4-10-5-7-11(8-6-10)16-20(18,19)12-9(2)17(3)15-13(12)14/h10-11,16H,4-8H2,1-3H3,(H2,14,15). The summed E-state index contributed by atoms with van der Waals surface area (Å²) in [4.78, 5) is 0.123.